The molecule has 1 aliphatic rings. The summed E-state index contributed by atoms with van der Waals surface area (Å²) in [4.78, 5) is 19.0. The number of hydrogen-bond donors (Lipinski definition) is 1. The molecule has 0 fully saturated rings. The van der Waals surface area contributed by atoms with Gasteiger partial charge in [-0.2, -0.15) is 0 Å². The van der Waals surface area contributed by atoms with Gasteiger partial charge in [-0.25, -0.2) is 4.98 Å². The van der Waals surface area contributed by atoms with Crippen LogP contribution in [-0.2, 0) is 13.0 Å². The van der Waals surface area contributed by atoms with E-state index in [1.165, 1.54) is 11.1 Å². The van der Waals surface area contributed by atoms with E-state index in [2.05, 4.69) is 39.5 Å². The fraction of sp³-hybridized carbons (Fsp3) is 0.143. The summed E-state index contributed by atoms with van der Waals surface area (Å²) in [6.45, 7) is 1.84. The average Bonchev–Trinajstić information content (AvgIpc) is 2.68. The third kappa shape index (κ3) is 3.41. The van der Waals surface area contributed by atoms with Crippen LogP contribution in [0.3, 0.4) is 0 Å². The van der Waals surface area contributed by atoms with Gasteiger partial charge in [-0.05, 0) is 41.8 Å². The Bertz CT molecular complexity index is 940. The van der Waals surface area contributed by atoms with Gasteiger partial charge in [0.2, 0.25) is 0 Å². The number of carbonyl (C=O) groups excluding carboxylic acids is 1. The Morgan fingerprint density at radius 1 is 1.00 bits per heavy atom. The summed E-state index contributed by atoms with van der Waals surface area (Å²) in [6.07, 6.45) is 2.83. The highest BCUT2D eigenvalue weighted by atomic mass is 35.5. The predicted octanol–water partition coefficient (Wildman–Crippen LogP) is 4.55. The lowest BCUT2D eigenvalue weighted by molar-refractivity contribution is 0.102. The van der Waals surface area contributed by atoms with Crippen LogP contribution in [0.4, 0.5) is 11.5 Å². The lowest BCUT2D eigenvalue weighted by Gasteiger charge is -2.30. The molecule has 0 saturated heterocycles. The summed E-state index contributed by atoms with van der Waals surface area (Å²) >= 11 is 6.07. The molecule has 3 aromatic rings. The van der Waals surface area contributed by atoms with Crippen LogP contribution < -0.4 is 10.2 Å². The van der Waals surface area contributed by atoms with E-state index in [4.69, 9.17) is 11.6 Å². The van der Waals surface area contributed by atoms with Crippen LogP contribution >= 0.6 is 11.6 Å². The van der Waals surface area contributed by atoms with Gasteiger partial charge < -0.3 is 10.2 Å². The van der Waals surface area contributed by atoms with Crippen LogP contribution in [0.1, 0.15) is 21.5 Å². The molecule has 1 aliphatic heterocycles. The van der Waals surface area contributed by atoms with Crippen LogP contribution in [0.2, 0.25) is 5.02 Å². The second-order valence-electron chi connectivity index (χ2n) is 6.28. The summed E-state index contributed by atoms with van der Waals surface area (Å²) in [7, 11) is 0. The van der Waals surface area contributed by atoms with Crippen LogP contribution in [-0.4, -0.2) is 17.4 Å². The first-order valence-electron chi connectivity index (χ1n) is 8.54. The number of fused-ring (bicyclic) bond motifs is 1. The van der Waals surface area contributed by atoms with E-state index in [1.54, 1.807) is 30.5 Å². The standard InChI is InChI=1S/C21H18ClN3O/c22-19-8-4-3-7-18(19)21(26)24-20-10-9-17(13-23-20)25-12-11-15-5-1-2-6-16(15)14-25/h1-10,13H,11-12,14H2,(H,23,24,26). The van der Waals surface area contributed by atoms with E-state index >= 15 is 0 Å². The molecule has 26 heavy (non-hydrogen) atoms. The Kier molecular flexibility index (Phi) is 4.59. The number of rotatable bonds is 3. The molecule has 5 heteroatoms. The second-order valence-corrected chi connectivity index (χ2v) is 6.68. The first-order chi connectivity index (χ1) is 12.7. The van der Waals surface area contributed by atoms with Gasteiger partial charge in [0, 0.05) is 13.1 Å². The number of halogens is 1. The second kappa shape index (κ2) is 7.18. The minimum Gasteiger partial charge on any atom is -0.366 e. The molecule has 0 saturated carbocycles. The zero-order chi connectivity index (χ0) is 17.9. The van der Waals surface area contributed by atoms with Crippen molar-refractivity contribution in [3.63, 3.8) is 0 Å². The van der Waals surface area contributed by atoms with Crippen LogP contribution in [0.5, 0.6) is 0 Å². The van der Waals surface area contributed by atoms with Crippen LogP contribution in [0.15, 0.2) is 66.9 Å². The predicted molar refractivity (Wildman–Crippen MR) is 105 cm³/mol. The maximum absolute atomic E-state index is 12.3. The van der Waals surface area contributed by atoms with Crippen molar-refractivity contribution in [1.82, 2.24) is 4.98 Å². The Morgan fingerprint density at radius 3 is 2.54 bits per heavy atom. The minimum absolute atomic E-state index is 0.261. The summed E-state index contributed by atoms with van der Waals surface area (Å²) < 4.78 is 0. The number of anilines is 2. The van der Waals surface area contributed by atoms with E-state index in [9.17, 15) is 4.79 Å². The Morgan fingerprint density at radius 2 is 1.77 bits per heavy atom. The highest BCUT2D eigenvalue weighted by Crippen LogP contribution is 2.24. The third-order valence-electron chi connectivity index (χ3n) is 4.60. The normalized spacial score (nSPS) is 13.2. The summed E-state index contributed by atoms with van der Waals surface area (Å²) in [5.41, 5.74) is 4.26. The number of benzene rings is 2. The van der Waals surface area contributed by atoms with E-state index in [0.29, 0.717) is 16.4 Å². The Labute approximate surface area is 157 Å². The molecule has 0 unspecified atom stereocenters. The zero-order valence-electron chi connectivity index (χ0n) is 14.2. The highest BCUT2D eigenvalue weighted by molar-refractivity contribution is 6.34. The highest BCUT2D eigenvalue weighted by Gasteiger charge is 2.16. The van der Waals surface area contributed by atoms with E-state index in [1.807, 2.05) is 12.1 Å². The largest absolute Gasteiger partial charge is 0.366 e. The molecular weight excluding hydrogens is 346 g/mol. The molecule has 4 nitrogen and oxygen atoms in total. The number of aromatic nitrogens is 1. The van der Waals surface area contributed by atoms with Gasteiger partial charge in [-0.1, -0.05) is 48.0 Å². The number of pyridine rings is 1. The number of carbonyl (C=O) groups is 1. The molecule has 1 N–H and O–H groups in total. The summed E-state index contributed by atoms with van der Waals surface area (Å²) in [6, 6.07) is 19.3. The molecule has 2 aromatic carbocycles. The van der Waals surface area contributed by atoms with Gasteiger partial charge in [-0.3, -0.25) is 4.79 Å². The van der Waals surface area contributed by atoms with E-state index in [-0.39, 0.29) is 5.91 Å². The fourth-order valence-electron chi connectivity index (χ4n) is 3.19. The van der Waals surface area contributed by atoms with Gasteiger partial charge in [0.05, 0.1) is 22.5 Å². The Balaban J connectivity index is 1.46. The molecule has 1 aromatic heterocycles. The van der Waals surface area contributed by atoms with Crippen molar-refractivity contribution >= 4 is 29.0 Å². The topological polar surface area (TPSA) is 45.2 Å². The smallest absolute Gasteiger partial charge is 0.258 e. The minimum atomic E-state index is -0.261. The van der Waals surface area contributed by atoms with Crippen molar-refractivity contribution in [2.45, 2.75) is 13.0 Å². The number of nitrogens with one attached hydrogen (secondary N) is 1. The average molecular weight is 364 g/mol. The van der Waals surface area contributed by atoms with Crippen LogP contribution in [0.25, 0.3) is 0 Å². The fourth-order valence-corrected chi connectivity index (χ4v) is 3.41. The third-order valence-corrected chi connectivity index (χ3v) is 4.93. The molecule has 130 valence electrons. The van der Waals surface area contributed by atoms with Gasteiger partial charge >= 0.3 is 0 Å². The quantitative estimate of drug-likeness (QED) is 0.742. The van der Waals surface area contributed by atoms with Crippen molar-refractivity contribution in [3.05, 3.63) is 88.6 Å². The molecule has 2 heterocycles. The van der Waals surface area contributed by atoms with Crippen molar-refractivity contribution in [2.24, 2.45) is 0 Å². The van der Waals surface area contributed by atoms with Gasteiger partial charge in [0.25, 0.3) is 5.91 Å². The molecule has 4 rings (SSSR count). The van der Waals surface area contributed by atoms with Gasteiger partial charge in [-0.15, -0.1) is 0 Å². The number of amides is 1. The molecule has 0 aliphatic carbocycles. The van der Waals surface area contributed by atoms with Crippen LogP contribution in [0, 0.1) is 0 Å². The molecular formula is C21H18ClN3O. The van der Waals surface area contributed by atoms with Crippen molar-refractivity contribution < 1.29 is 4.79 Å². The molecule has 1 amide bonds. The zero-order valence-corrected chi connectivity index (χ0v) is 14.9. The first-order valence-corrected chi connectivity index (χ1v) is 8.92. The lowest BCUT2D eigenvalue weighted by atomic mass is 10.00. The molecule has 0 atom stereocenters. The summed E-state index contributed by atoms with van der Waals surface area (Å²) in [5.74, 6) is 0.249. The van der Waals surface area contributed by atoms with Crippen molar-refractivity contribution in [2.75, 3.05) is 16.8 Å². The molecule has 0 radical (unpaired) electrons. The van der Waals surface area contributed by atoms with Gasteiger partial charge in [0.15, 0.2) is 0 Å². The maximum Gasteiger partial charge on any atom is 0.258 e. The lowest BCUT2D eigenvalue weighted by Crippen LogP contribution is -2.30. The van der Waals surface area contributed by atoms with Crippen molar-refractivity contribution in [1.29, 1.82) is 0 Å². The monoisotopic (exact) mass is 363 g/mol. The summed E-state index contributed by atoms with van der Waals surface area (Å²) in [5, 5.41) is 3.22. The number of hydrogen-bond acceptors (Lipinski definition) is 3. The molecule has 0 spiro atoms. The Hall–Kier alpha value is -2.85. The number of nitrogens with zero attached hydrogens (tertiary/aromatic N) is 2. The SMILES string of the molecule is O=C(Nc1ccc(N2CCc3ccccc3C2)cn1)c1ccccc1Cl. The first kappa shape index (κ1) is 16.6. The van der Waals surface area contributed by atoms with Crippen molar-refractivity contribution in [3.8, 4) is 0 Å². The van der Waals surface area contributed by atoms with Gasteiger partial charge in [0.1, 0.15) is 5.82 Å². The van der Waals surface area contributed by atoms with E-state index in [0.717, 1.165) is 25.2 Å². The van der Waals surface area contributed by atoms with E-state index < -0.39 is 0 Å². The molecule has 0 bridgehead atoms. The maximum atomic E-state index is 12.3.